The van der Waals surface area contributed by atoms with E-state index in [1.165, 1.54) is 6.92 Å². The molecule has 0 unspecified atom stereocenters. The number of rotatable bonds is 1. The number of nitrogens with zero attached hydrogens (tertiary/aromatic N) is 1. The zero-order valence-corrected chi connectivity index (χ0v) is 7.14. The summed E-state index contributed by atoms with van der Waals surface area (Å²) < 4.78 is 0. The smallest absolute Gasteiger partial charge is 0.429 e. The third-order valence-electron chi connectivity index (χ3n) is 0.969. The van der Waals surface area contributed by atoms with Crippen molar-refractivity contribution in [2.75, 3.05) is 5.32 Å². The lowest BCUT2D eigenvalue weighted by Crippen LogP contribution is -2.06. The van der Waals surface area contributed by atoms with Crippen LogP contribution in [0.1, 0.15) is 6.92 Å². The number of carbonyl (C=O) groups excluding carboxylic acids is 1. The van der Waals surface area contributed by atoms with Crippen LogP contribution < -0.4 is 5.32 Å². The van der Waals surface area contributed by atoms with Crippen LogP contribution in [0.25, 0.3) is 0 Å². The number of aromatic nitrogens is 1. The second kappa shape index (κ2) is 7.26. The zero-order chi connectivity index (χ0) is 10.1. The Hall–Kier alpha value is -1.40. The van der Waals surface area contributed by atoms with Crippen molar-refractivity contribution in [2.24, 2.45) is 0 Å². The number of nitrogens with one attached hydrogen (secondary N) is 1. The Morgan fingerprint density at radius 3 is 2.54 bits per heavy atom. The summed E-state index contributed by atoms with van der Waals surface area (Å²) in [5, 5.41) is 16.6. The number of pyridine rings is 1. The van der Waals surface area contributed by atoms with Crippen molar-refractivity contribution in [3.05, 3.63) is 24.4 Å². The fraction of sp³-hybridized carbons (Fsp3) is 0.143. The average Bonchev–Trinajstić information content (AvgIpc) is 2.06. The Morgan fingerprint density at radius 2 is 2.15 bits per heavy atom. The molecule has 0 aliphatic heterocycles. The monoisotopic (exact) mass is 181 g/mol. The molecule has 5 nitrogen and oxygen atoms in total. The minimum Gasteiger partial charge on any atom is -0.429 e. The summed E-state index contributed by atoms with van der Waals surface area (Å²) in [4.78, 5) is 14.3. The number of anilines is 1. The molecular formula is C7H10BN2O3. The molecule has 1 aromatic heterocycles. The number of carbonyl (C=O) groups is 1. The fourth-order valence-electron chi connectivity index (χ4n) is 0.617. The molecular weight excluding hydrogens is 171 g/mol. The maximum absolute atomic E-state index is 10.5. The van der Waals surface area contributed by atoms with Gasteiger partial charge in [-0.25, -0.2) is 4.98 Å². The van der Waals surface area contributed by atoms with Crippen molar-refractivity contribution in [1.82, 2.24) is 4.98 Å². The quantitative estimate of drug-likeness (QED) is 0.512. The Bertz CT molecular complexity index is 243. The Labute approximate surface area is 76.7 Å². The lowest BCUT2D eigenvalue weighted by Gasteiger charge is -1.96. The summed E-state index contributed by atoms with van der Waals surface area (Å²) in [6.07, 6.45) is 1.63. The second-order valence-electron chi connectivity index (χ2n) is 2.01. The molecule has 0 aromatic carbocycles. The average molecular weight is 181 g/mol. The molecule has 0 aliphatic rings. The van der Waals surface area contributed by atoms with Crippen molar-refractivity contribution < 1.29 is 14.8 Å². The molecule has 0 aliphatic carbocycles. The van der Waals surface area contributed by atoms with E-state index in [9.17, 15) is 4.79 Å². The van der Waals surface area contributed by atoms with Gasteiger partial charge in [0.2, 0.25) is 5.91 Å². The minimum atomic E-state index is -0.0984. The molecule has 3 N–H and O–H groups in total. The molecule has 69 valence electrons. The van der Waals surface area contributed by atoms with Crippen molar-refractivity contribution in [2.45, 2.75) is 6.92 Å². The summed E-state index contributed by atoms with van der Waals surface area (Å²) >= 11 is 0. The van der Waals surface area contributed by atoms with Crippen molar-refractivity contribution in [3.8, 4) is 0 Å². The predicted molar refractivity (Wildman–Crippen MR) is 48.7 cm³/mol. The molecule has 1 amide bonds. The first kappa shape index (κ1) is 11.6. The highest BCUT2D eigenvalue weighted by atomic mass is 16.4. The molecule has 13 heavy (non-hydrogen) atoms. The van der Waals surface area contributed by atoms with Gasteiger partial charge in [0.25, 0.3) is 0 Å². The van der Waals surface area contributed by atoms with Crippen LogP contribution in [0.2, 0.25) is 0 Å². The first-order valence-electron chi connectivity index (χ1n) is 3.49. The van der Waals surface area contributed by atoms with Gasteiger partial charge in [-0.05, 0) is 12.1 Å². The van der Waals surface area contributed by atoms with Gasteiger partial charge in [0.05, 0.1) is 0 Å². The number of hydrogen-bond acceptors (Lipinski definition) is 4. The number of amides is 1. The summed E-state index contributed by atoms with van der Waals surface area (Å²) in [5.41, 5.74) is 0. The molecule has 1 heterocycles. The molecule has 0 saturated carbocycles. The van der Waals surface area contributed by atoms with Gasteiger partial charge in [0, 0.05) is 13.1 Å². The zero-order valence-electron chi connectivity index (χ0n) is 7.14. The van der Waals surface area contributed by atoms with Crippen LogP contribution in [-0.4, -0.2) is 28.6 Å². The van der Waals surface area contributed by atoms with Gasteiger partial charge in [-0.1, -0.05) is 6.07 Å². The molecule has 6 heteroatoms. The van der Waals surface area contributed by atoms with E-state index in [0.29, 0.717) is 5.82 Å². The summed E-state index contributed by atoms with van der Waals surface area (Å²) in [7, 11) is 0. The maximum atomic E-state index is 10.5. The van der Waals surface area contributed by atoms with Gasteiger partial charge in [0.15, 0.2) is 0 Å². The van der Waals surface area contributed by atoms with Crippen LogP contribution in [0, 0.1) is 0 Å². The summed E-state index contributed by atoms with van der Waals surface area (Å²) in [5.74, 6) is 0.494. The van der Waals surface area contributed by atoms with Gasteiger partial charge in [-0.2, -0.15) is 0 Å². The molecule has 0 bridgehead atoms. The van der Waals surface area contributed by atoms with Crippen LogP contribution in [-0.2, 0) is 4.79 Å². The predicted octanol–water partition coefficient (Wildman–Crippen LogP) is -0.455. The third kappa shape index (κ3) is 6.98. The second-order valence-corrected chi connectivity index (χ2v) is 2.01. The molecule has 0 atom stereocenters. The van der Waals surface area contributed by atoms with Gasteiger partial charge in [0.1, 0.15) is 5.82 Å². The van der Waals surface area contributed by atoms with Gasteiger partial charge in [-0.3, -0.25) is 4.79 Å². The van der Waals surface area contributed by atoms with Crippen molar-refractivity contribution in [1.29, 1.82) is 0 Å². The van der Waals surface area contributed by atoms with E-state index in [1.54, 1.807) is 18.3 Å². The van der Waals surface area contributed by atoms with Crippen LogP contribution in [0.4, 0.5) is 5.82 Å². The fourth-order valence-corrected chi connectivity index (χ4v) is 0.617. The number of hydrogen-bond donors (Lipinski definition) is 3. The molecule has 1 rings (SSSR count). The van der Waals surface area contributed by atoms with Crippen LogP contribution in [0.5, 0.6) is 0 Å². The van der Waals surface area contributed by atoms with Crippen molar-refractivity contribution >= 4 is 19.4 Å². The van der Waals surface area contributed by atoms with E-state index < -0.39 is 0 Å². The highest BCUT2D eigenvalue weighted by molar-refractivity contribution is 6.13. The Balaban J connectivity index is 0.000000424. The van der Waals surface area contributed by atoms with E-state index in [1.807, 2.05) is 6.07 Å². The molecule has 1 radical (unpaired) electrons. The normalized spacial score (nSPS) is 7.92. The topological polar surface area (TPSA) is 82.5 Å². The van der Waals surface area contributed by atoms with Crippen LogP contribution in [0.15, 0.2) is 24.4 Å². The summed E-state index contributed by atoms with van der Waals surface area (Å²) in [6.45, 7) is 1.45. The van der Waals surface area contributed by atoms with Gasteiger partial charge < -0.3 is 15.4 Å². The largest absolute Gasteiger partial charge is 0.482 e. The van der Waals surface area contributed by atoms with E-state index in [-0.39, 0.29) is 13.6 Å². The van der Waals surface area contributed by atoms with E-state index in [0.717, 1.165) is 0 Å². The highest BCUT2D eigenvalue weighted by Gasteiger charge is 1.91. The SMILES string of the molecule is CC(=O)Nc1ccccn1.O[B]O. The molecule has 1 aromatic rings. The summed E-state index contributed by atoms with van der Waals surface area (Å²) in [6, 6.07) is 5.35. The third-order valence-corrected chi connectivity index (χ3v) is 0.969. The van der Waals surface area contributed by atoms with Crippen LogP contribution >= 0.6 is 0 Å². The highest BCUT2D eigenvalue weighted by Crippen LogP contribution is 1.97. The van der Waals surface area contributed by atoms with E-state index >= 15 is 0 Å². The lowest BCUT2D eigenvalue weighted by atomic mass is 10.4. The first-order valence-corrected chi connectivity index (χ1v) is 3.49. The molecule has 0 saturated heterocycles. The van der Waals surface area contributed by atoms with E-state index in [4.69, 9.17) is 10.0 Å². The van der Waals surface area contributed by atoms with Crippen molar-refractivity contribution in [3.63, 3.8) is 0 Å². The van der Waals surface area contributed by atoms with Gasteiger partial charge in [-0.15, -0.1) is 0 Å². The molecule has 0 spiro atoms. The molecule has 0 fully saturated rings. The van der Waals surface area contributed by atoms with Gasteiger partial charge >= 0.3 is 7.69 Å². The standard InChI is InChI=1S/C7H8N2O.BH2O2/c1-6(10)9-7-4-2-3-5-8-7;2-1-3/h2-5H,1H3,(H,8,9,10);2-3H. The minimum absolute atomic E-state index is 0. The Morgan fingerprint density at radius 1 is 1.54 bits per heavy atom. The first-order chi connectivity index (χ1) is 6.20. The van der Waals surface area contributed by atoms with E-state index in [2.05, 4.69) is 10.3 Å². The van der Waals surface area contributed by atoms with Crippen LogP contribution in [0.3, 0.4) is 0 Å². The lowest BCUT2D eigenvalue weighted by molar-refractivity contribution is -0.114. The maximum Gasteiger partial charge on any atom is 0.482 e. The Kier molecular flexibility index (Phi) is 6.49.